The van der Waals surface area contributed by atoms with Crippen molar-refractivity contribution in [3.05, 3.63) is 24.3 Å². The summed E-state index contributed by atoms with van der Waals surface area (Å²) in [5, 5.41) is 13.9. The minimum atomic E-state index is -4.42. The van der Waals surface area contributed by atoms with Crippen LogP contribution < -0.4 is 10.6 Å². The first-order chi connectivity index (χ1) is 10.1. The number of rotatable bonds is 6. The number of anilines is 1. The van der Waals surface area contributed by atoms with E-state index in [1.54, 1.807) is 6.07 Å². The van der Waals surface area contributed by atoms with Gasteiger partial charge in [-0.3, -0.25) is 0 Å². The molecule has 4 nitrogen and oxygen atoms in total. The molecule has 22 heavy (non-hydrogen) atoms. The molecule has 1 aromatic carbocycles. The Labute approximate surface area is 131 Å². The van der Waals surface area contributed by atoms with Gasteiger partial charge in [-0.25, -0.2) is 4.79 Å². The minimum absolute atomic E-state index is 0.00134. The van der Waals surface area contributed by atoms with Crippen molar-refractivity contribution < 1.29 is 23.1 Å². The van der Waals surface area contributed by atoms with Crippen molar-refractivity contribution in [1.82, 2.24) is 5.32 Å². The van der Waals surface area contributed by atoms with Crippen LogP contribution in [0.4, 0.5) is 23.7 Å². The molecule has 3 N–H and O–H groups in total. The number of para-hydroxylation sites is 1. The average molecular weight is 336 g/mol. The van der Waals surface area contributed by atoms with Crippen molar-refractivity contribution in [1.29, 1.82) is 0 Å². The highest BCUT2D eigenvalue weighted by Gasteiger charge is 2.30. The number of aliphatic hydroxyl groups is 1. The number of nitrogens with one attached hydrogen (secondary N) is 2. The number of alkyl halides is 3. The largest absolute Gasteiger partial charge is 0.446 e. The molecule has 0 aliphatic rings. The fraction of sp³-hybridized carbons (Fsp3) is 0.500. The van der Waals surface area contributed by atoms with Gasteiger partial charge < -0.3 is 15.7 Å². The molecule has 8 heteroatoms. The molecule has 0 heterocycles. The average Bonchev–Trinajstić information content (AvgIpc) is 2.37. The van der Waals surface area contributed by atoms with Crippen LogP contribution in [0.5, 0.6) is 0 Å². The van der Waals surface area contributed by atoms with E-state index in [1.165, 1.54) is 18.2 Å². The Bertz CT molecular complexity index is 507. The molecular weight excluding hydrogens is 317 g/mol. The monoisotopic (exact) mass is 336 g/mol. The van der Waals surface area contributed by atoms with Crippen LogP contribution in [-0.4, -0.2) is 29.8 Å². The van der Waals surface area contributed by atoms with E-state index in [9.17, 15) is 18.0 Å². The van der Waals surface area contributed by atoms with Gasteiger partial charge in [0.15, 0.2) is 0 Å². The van der Waals surface area contributed by atoms with Crippen LogP contribution >= 0.6 is 11.8 Å². The molecule has 0 fully saturated rings. The van der Waals surface area contributed by atoms with Gasteiger partial charge in [-0.15, -0.1) is 0 Å². The number of hydrogen-bond donors (Lipinski definition) is 3. The summed E-state index contributed by atoms with van der Waals surface area (Å²) in [5.74, 6) is 0. The normalized spacial score (nSPS) is 12.1. The number of carbonyl (C=O) groups excluding carboxylic acids is 1. The van der Waals surface area contributed by atoms with E-state index < -0.39 is 11.5 Å². The summed E-state index contributed by atoms with van der Waals surface area (Å²) in [7, 11) is 0. The second-order valence-corrected chi connectivity index (χ2v) is 6.60. The van der Waals surface area contributed by atoms with Gasteiger partial charge in [0.1, 0.15) is 0 Å². The van der Waals surface area contributed by atoms with E-state index in [2.05, 4.69) is 10.6 Å². The zero-order valence-electron chi connectivity index (χ0n) is 12.3. The van der Waals surface area contributed by atoms with Crippen LogP contribution in [-0.2, 0) is 0 Å². The zero-order chi connectivity index (χ0) is 16.8. The standard InChI is InChI=1S/C14H19F3N2O2S/c1-13(2,7-8-20)9-18-12(21)19-10-5-3-4-6-11(10)22-14(15,16)17/h3-6,20H,7-9H2,1-2H3,(H2,18,19,21). The highest BCUT2D eigenvalue weighted by Crippen LogP contribution is 2.40. The van der Waals surface area contributed by atoms with Crippen LogP contribution in [0.2, 0.25) is 0 Å². The number of halogens is 3. The number of aliphatic hydroxyl groups excluding tert-OH is 1. The summed E-state index contributed by atoms with van der Waals surface area (Å²) in [6.45, 7) is 4.04. The van der Waals surface area contributed by atoms with E-state index in [0.29, 0.717) is 13.0 Å². The molecule has 0 spiro atoms. The number of benzene rings is 1. The van der Waals surface area contributed by atoms with E-state index in [1.807, 2.05) is 13.8 Å². The summed E-state index contributed by atoms with van der Waals surface area (Å²) in [6.07, 6.45) is 0.508. The highest BCUT2D eigenvalue weighted by molar-refractivity contribution is 8.00. The Kier molecular flexibility index (Phi) is 6.55. The van der Waals surface area contributed by atoms with Crippen molar-refractivity contribution in [2.45, 2.75) is 30.7 Å². The third-order valence-corrected chi connectivity index (χ3v) is 3.68. The van der Waals surface area contributed by atoms with Gasteiger partial charge in [0, 0.05) is 18.0 Å². The molecule has 0 aliphatic heterocycles. The van der Waals surface area contributed by atoms with Crippen molar-refractivity contribution in [2.75, 3.05) is 18.5 Å². The SMILES string of the molecule is CC(C)(CCO)CNC(=O)Nc1ccccc1SC(F)(F)F. The summed E-state index contributed by atoms with van der Waals surface area (Å²) in [6, 6.07) is 5.14. The van der Waals surface area contributed by atoms with Crippen LogP contribution in [0.25, 0.3) is 0 Å². The molecule has 0 bridgehead atoms. The van der Waals surface area contributed by atoms with E-state index in [0.717, 1.165) is 0 Å². The topological polar surface area (TPSA) is 61.4 Å². The maximum atomic E-state index is 12.5. The quantitative estimate of drug-likeness (QED) is 0.692. The number of amides is 2. The molecule has 1 rings (SSSR count). The maximum absolute atomic E-state index is 12.5. The fourth-order valence-corrected chi connectivity index (χ4v) is 2.29. The third-order valence-electron chi connectivity index (χ3n) is 2.88. The molecule has 0 radical (unpaired) electrons. The zero-order valence-corrected chi connectivity index (χ0v) is 13.1. The Morgan fingerprint density at radius 1 is 1.27 bits per heavy atom. The molecule has 0 unspecified atom stereocenters. The molecule has 0 aromatic heterocycles. The first-order valence-corrected chi connectivity index (χ1v) is 7.45. The maximum Gasteiger partial charge on any atom is 0.446 e. The molecule has 1 aromatic rings. The van der Waals surface area contributed by atoms with Crippen LogP contribution in [0.3, 0.4) is 0 Å². The lowest BCUT2D eigenvalue weighted by Crippen LogP contribution is -2.37. The van der Waals surface area contributed by atoms with Gasteiger partial charge >= 0.3 is 11.5 Å². The van der Waals surface area contributed by atoms with Gasteiger partial charge in [0.25, 0.3) is 0 Å². The molecule has 0 saturated heterocycles. The molecule has 0 atom stereocenters. The lowest BCUT2D eigenvalue weighted by atomic mass is 9.90. The lowest BCUT2D eigenvalue weighted by Gasteiger charge is -2.24. The predicted octanol–water partition coefficient (Wildman–Crippen LogP) is 3.83. The summed E-state index contributed by atoms with van der Waals surface area (Å²) in [4.78, 5) is 11.7. The van der Waals surface area contributed by atoms with Crippen LogP contribution in [0.1, 0.15) is 20.3 Å². The Hall–Kier alpha value is -1.41. The molecule has 2 amide bonds. The van der Waals surface area contributed by atoms with Crippen molar-refractivity contribution in [3.63, 3.8) is 0 Å². The van der Waals surface area contributed by atoms with E-state index in [4.69, 9.17) is 5.11 Å². The van der Waals surface area contributed by atoms with Crippen molar-refractivity contribution in [2.24, 2.45) is 5.41 Å². The third kappa shape index (κ3) is 7.04. The first-order valence-electron chi connectivity index (χ1n) is 6.63. The summed E-state index contributed by atoms with van der Waals surface area (Å²) in [5.41, 5.74) is -4.62. The number of thioether (sulfide) groups is 1. The number of urea groups is 1. The van der Waals surface area contributed by atoms with Crippen molar-refractivity contribution >= 4 is 23.5 Å². The van der Waals surface area contributed by atoms with Crippen molar-refractivity contribution in [3.8, 4) is 0 Å². The minimum Gasteiger partial charge on any atom is -0.396 e. The van der Waals surface area contributed by atoms with Gasteiger partial charge in [-0.05, 0) is 35.7 Å². The van der Waals surface area contributed by atoms with Gasteiger partial charge in [-0.1, -0.05) is 26.0 Å². The predicted molar refractivity (Wildman–Crippen MR) is 80.9 cm³/mol. The van der Waals surface area contributed by atoms with Crippen LogP contribution in [0, 0.1) is 5.41 Å². The fourth-order valence-electron chi connectivity index (χ4n) is 1.66. The van der Waals surface area contributed by atoms with Gasteiger partial charge in [0.2, 0.25) is 0 Å². The highest BCUT2D eigenvalue weighted by atomic mass is 32.2. The van der Waals surface area contributed by atoms with Crippen LogP contribution in [0.15, 0.2) is 29.2 Å². The second-order valence-electron chi connectivity index (χ2n) is 5.49. The lowest BCUT2D eigenvalue weighted by molar-refractivity contribution is -0.0328. The first kappa shape index (κ1) is 18.6. The summed E-state index contributed by atoms with van der Waals surface area (Å²) < 4.78 is 37.4. The Morgan fingerprint density at radius 3 is 2.50 bits per heavy atom. The Morgan fingerprint density at radius 2 is 1.91 bits per heavy atom. The molecule has 0 saturated carbocycles. The second kappa shape index (κ2) is 7.73. The number of hydrogen-bond acceptors (Lipinski definition) is 3. The smallest absolute Gasteiger partial charge is 0.396 e. The Balaban J connectivity index is 2.65. The molecular formula is C14H19F3N2O2S. The van der Waals surface area contributed by atoms with Gasteiger partial charge in [0.05, 0.1) is 5.69 Å². The number of carbonyl (C=O) groups is 1. The molecule has 124 valence electrons. The van der Waals surface area contributed by atoms with E-state index >= 15 is 0 Å². The van der Waals surface area contributed by atoms with E-state index in [-0.39, 0.29) is 34.4 Å². The molecule has 0 aliphatic carbocycles. The van der Waals surface area contributed by atoms with Gasteiger partial charge in [-0.2, -0.15) is 13.2 Å². The summed E-state index contributed by atoms with van der Waals surface area (Å²) >= 11 is -0.274.